The summed E-state index contributed by atoms with van der Waals surface area (Å²) in [7, 11) is 0. The summed E-state index contributed by atoms with van der Waals surface area (Å²) in [5.41, 5.74) is 36.6. The third kappa shape index (κ3) is 18.9. The maximum absolute atomic E-state index is 9.65. The van der Waals surface area contributed by atoms with Crippen LogP contribution in [0.5, 0.6) is 5.75 Å². The second-order valence-corrected chi connectivity index (χ2v) is 30.8. The predicted molar refractivity (Wildman–Crippen MR) is 490 cm³/mol. The van der Waals surface area contributed by atoms with Crippen molar-refractivity contribution in [2.75, 3.05) is 13.3 Å². The van der Waals surface area contributed by atoms with Crippen molar-refractivity contribution >= 4 is 85.2 Å². The summed E-state index contributed by atoms with van der Waals surface area (Å²) in [5, 5.41) is 78.2. The number of nitrogens with one attached hydrogen (secondary N) is 11. The molecule has 3 aromatic carbocycles. The maximum atomic E-state index is 9.65. The summed E-state index contributed by atoms with van der Waals surface area (Å²) in [6.07, 6.45) is 55.5. The van der Waals surface area contributed by atoms with Crippen LogP contribution in [0.2, 0.25) is 0 Å². The molecule has 0 saturated carbocycles. The zero-order valence-corrected chi connectivity index (χ0v) is 69.8. The van der Waals surface area contributed by atoms with E-state index in [2.05, 4.69) is 223 Å². The van der Waals surface area contributed by atoms with Crippen molar-refractivity contribution < 1.29 is 14.6 Å². The molecule has 0 amide bonds. The third-order valence-corrected chi connectivity index (χ3v) is 22.8. The highest BCUT2D eigenvalue weighted by atomic mass is 16.7. The number of dihydropyridines is 2. The number of unbranched alkanes of at least 4 members (excludes halogenated alkanes) is 2. The number of nitrogens with zero attached hydrogens (tertiary/aromatic N) is 12. The highest BCUT2D eigenvalue weighted by Crippen LogP contribution is 2.42. The second kappa shape index (κ2) is 39.5. The lowest BCUT2D eigenvalue weighted by Crippen LogP contribution is -2.31. The highest BCUT2D eigenvalue weighted by molar-refractivity contribution is 6.20. The van der Waals surface area contributed by atoms with E-state index >= 15 is 0 Å². The fraction of sp³-hybridized carbons (Fsp3) is 0.263. The number of aromatic nitrogens is 15. The summed E-state index contributed by atoms with van der Waals surface area (Å²) < 4.78 is 11.1. The molecule has 122 heavy (non-hydrogen) atoms. The molecule has 14 N–H and O–H groups in total. The van der Waals surface area contributed by atoms with Gasteiger partial charge in [0.25, 0.3) is 0 Å². The number of H-pyrrole nitrogens is 6. The Hall–Kier alpha value is -14.3. The van der Waals surface area contributed by atoms with Crippen LogP contribution in [0.4, 0.5) is 0 Å². The number of fused-ring (bicyclic) bond motifs is 10. The van der Waals surface area contributed by atoms with Gasteiger partial charge in [0.2, 0.25) is 0 Å². The van der Waals surface area contributed by atoms with Gasteiger partial charge in [-0.15, -0.1) is 13.2 Å². The van der Waals surface area contributed by atoms with Crippen molar-refractivity contribution in [1.29, 1.82) is 0 Å². The van der Waals surface area contributed by atoms with E-state index in [1.54, 1.807) is 18.2 Å². The van der Waals surface area contributed by atoms with Gasteiger partial charge >= 0.3 is 0 Å². The molecule has 0 radical (unpaired) electrons. The van der Waals surface area contributed by atoms with Crippen LogP contribution in [-0.2, 0) is 22.3 Å². The number of aromatic hydroxyl groups is 1. The molecule has 9 atom stereocenters. The molecular formula is C95H106N24O3. The molecule has 6 aliphatic rings. The number of rotatable bonds is 24. The van der Waals surface area contributed by atoms with Crippen LogP contribution in [-0.4, -0.2) is 132 Å². The summed E-state index contributed by atoms with van der Waals surface area (Å²) in [6.45, 7) is 36.4. The van der Waals surface area contributed by atoms with Gasteiger partial charge in [-0.2, -0.15) is 40.8 Å². The minimum absolute atomic E-state index is 0.0229. The number of hydrogen-bond acceptors (Lipinski definition) is 21. The monoisotopic (exact) mass is 1630 g/mol. The number of aliphatic imine (C=N–C) groups is 1. The van der Waals surface area contributed by atoms with E-state index in [0.717, 1.165) is 154 Å². The lowest BCUT2D eigenvalue weighted by molar-refractivity contribution is 0.0499. The fourth-order valence-corrected chi connectivity index (χ4v) is 16.0. The molecule has 624 valence electrons. The zero-order valence-electron chi connectivity index (χ0n) is 69.8. The van der Waals surface area contributed by atoms with E-state index in [1.165, 1.54) is 64.9 Å². The van der Waals surface area contributed by atoms with Crippen molar-refractivity contribution in [3.8, 4) is 17.0 Å². The number of phenolic OH excluding ortho intramolecular Hbond substituents is 1. The predicted octanol–water partition coefficient (Wildman–Crippen LogP) is 16.9. The maximum Gasteiger partial charge on any atom is 0.189 e. The minimum Gasteiger partial charge on any atom is -0.508 e. The van der Waals surface area contributed by atoms with E-state index in [4.69, 9.17) is 25.2 Å². The standard InChI is InChI=1S/C20H21N5O.C20H22N4.C19H23N5O2.C19H28N4.C17H12N6/c1-3-19-18(11-23-25-19)17-9-21-20(16-10-22-24-12(16)2)8-15(17)13-4-6-14(26)7-5-13;1-13(11-21-2)7-8-17-14-5-3-4-6-15(14)20-16-12-22-24-18(16)9-10-19(20)23-17;1-4-17-16(9-22-24-17)15-7-20-18(14-8-21-23-11(14)2)5-13(15)6-19-12(3)25-10-26-19;1-5-7-8-9-10-19(18-14-22-23-16(18)4)21-12-11-17(13-20)15(3)6-2;1-9-11(7-19-22-9)17-12-6-18-5-4-10(12)16-13-8-20-23-14(13)2-3-15(16)21-17/h3-11,18-21,25-26H,1H2,2H3,(H,22,24);7-10,12-13H,2-6,11H2,1H3,(H,22,24);4-5,7-9,16-20,24H,1,3,6,10H2,2H3,(H,21,23);6,9-14,19,21H,2-3,5,7-8,20H2,1,4H3,(H,22,23);2-8H,1H3,(H,19,22)(H,20,23)/b;8-7+;;10-9+,12-11+,17-13-;. The first-order valence-corrected chi connectivity index (χ1v) is 41.2. The summed E-state index contributed by atoms with van der Waals surface area (Å²) in [4.78, 5) is 18.1. The summed E-state index contributed by atoms with van der Waals surface area (Å²) >= 11 is 0. The molecule has 18 rings (SSSR count). The summed E-state index contributed by atoms with van der Waals surface area (Å²) in [5.74, 6) is 1.53. The Kier molecular flexibility index (Phi) is 27.2. The van der Waals surface area contributed by atoms with Gasteiger partial charge in [-0.05, 0) is 195 Å². The van der Waals surface area contributed by atoms with Crippen molar-refractivity contribution in [2.24, 2.45) is 38.7 Å². The van der Waals surface area contributed by atoms with Gasteiger partial charge in [-0.25, -0.2) is 9.97 Å². The van der Waals surface area contributed by atoms with Crippen LogP contribution in [0, 0.1) is 45.4 Å². The fourth-order valence-electron chi connectivity index (χ4n) is 16.0. The highest BCUT2D eigenvalue weighted by Gasteiger charge is 2.35. The molecule has 12 aromatic rings. The Morgan fingerprint density at radius 3 is 1.93 bits per heavy atom. The number of hydrazone groups is 2. The number of allylic oxidation sites excluding steroid dienone is 6. The molecule has 1 fully saturated rings. The molecule has 27 nitrogen and oxygen atoms in total. The van der Waals surface area contributed by atoms with Crippen LogP contribution in [0.1, 0.15) is 132 Å². The average molecular weight is 1630 g/mol. The van der Waals surface area contributed by atoms with E-state index in [-0.39, 0.29) is 60.7 Å². The Morgan fingerprint density at radius 2 is 1.32 bits per heavy atom. The molecule has 1 aliphatic carbocycles. The third-order valence-electron chi connectivity index (χ3n) is 22.8. The van der Waals surface area contributed by atoms with Gasteiger partial charge in [-0.3, -0.25) is 35.6 Å². The SMILES string of the molecule is C=CC(=C)C(=C\N)/C=C/NC(/C=C/CCCC)c1cn[nH]c1C.C=CC1NN=CC1C1=CNC(c2cn[nH]c2C)C=C1CC1OCOC1=C.C=CC1NN=CC1C1=CNC(c2cn[nH]c2C)C=C1c1ccc(O)cc1.C=NCC(C)/C=C/c1nc2ccc3[nH]ncc3c2c2c1CCCC2.Cc1[nH]ncc1-c1nc2ccc3[nH]ncc3c2c2ccncc12. The van der Waals surface area contributed by atoms with Crippen molar-refractivity contribution in [1.82, 2.24) is 103 Å². The summed E-state index contributed by atoms with van der Waals surface area (Å²) in [6, 6.07) is 17.8. The number of benzene rings is 3. The molecule has 27 heteroatoms. The molecule has 9 unspecified atom stereocenters. The average Bonchev–Trinajstić information content (AvgIpc) is 1.40. The zero-order chi connectivity index (χ0) is 85.2. The second-order valence-electron chi connectivity index (χ2n) is 30.8. The van der Waals surface area contributed by atoms with Crippen molar-refractivity contribution in [3.63, 3.8) is 0 Å². The first-order valence-electron chi connectivity index (χ1n) is 41.2. The van der Waals surface area contributed by atoms with Gasteiger partial charge in [0.15, 0.2) is 6.79 Å². The van der Waals surface area contributed by atoms with E-state index in [9.17, 15) is 5.11 Å². The van der Waals surface area contributed by atoms with Gasteiger partial charge < -0.3 is 52.1 Å². The molecular weight excluding hydrogens is 1530 g/mol. The number of phenols is 1. The molecule has 14 heterocycles. The molecule has 1 saturated heterocycles. The van der Waals surface area contributed by atoms with Gasteiger partial charge in [0.1, 0.15) is 17.6 Å². The molecule has 9 aromatic heterocycles. The number of nitrogens with two attached hydrogens (primary N) is 1. The van der Waals surface area contributed by atoms with Crippen LogP contribution in [0.25, 0.3) is 77.3 Å². The van der Waals surface area contributed by atoms with E-state index in [1.807, 2.05) is 144 Å². The molecule has 5 aliphatic heterocycles. The van der Waals surface area contributed by atoms with Crippen LogP contribution in [0.3, 0.4) is 0 Å². The topological polar surface area (TPSA) is 373 Å². The smallest absolute Gasteiger partial charge is 0.189 e. The number of hydrogen-bond donors (Lipinski definition) is 13. The van der Waals surface area contributed by atoms with Gasteiger partial charge in [-0.1, -0.05) is 101 Å². The van der Waals surface area contributed by atoms with Crippen molar-refractivity contribution in [2.45, 2.75) is 129 Å². The van der Waals surface area contributed by atoms with Crippen LogP contribution in [0.15, 0.2) is 265 Å². The minimum atomic E-state index is -0.137. The first kappa shape index (κ1) is 84.1. The molecule has 0 spiro atoms. The molecule has 0 bridgehead atoms. The van der Waals surface area contributed by atoms with E-state index < -0.39 is 0 Å². The Morgan fingerprint density at radius 1 is 0.689 bits per heavy atom. The first-order chi connectivity index (χ1) is 59.6. The Labute approximate surface area is 709 Å². The largest absolute Gasteiger partial charge is 0.508 e. The van der Waals surface area contributed by atoms with Crippen LogP contribution < -0.4 is 32.5 Å². The normalized spacial score (nSPS) is 19.5. The van der Waals surface area contributed by atoms with Gasteiger partial charge in [0.05, 0.1) is 101 Å². The quantitative estimate of drug-likeness (QED) is 0.00878. The number of ether oxygens (including phenoxy) is 2. The van der Waals surface area contributed by atoms with E-state index in [0.29, 0.717) is 18.1 Å². The van der Waals surface area contributed by atoms with Crippen LogP contribution >= 0.6 is 0 Å². The number of aryl methyl sites for hydroxylation is 5. The van der Waals surface area contributed by atoms with Gasteiger partial charge in [0, 0.05) is 140 Å². The number of pyridine rings is 3. The van der Waals surface area contributed by atoms with Crippen molar-refractivity contribution in [3.05, 3.63) is 312 Å². The lowest BCUT2D eigenvalue weighted by atomic mass is 9.82. The lowest BCUT2D eigenvalue weighted by Gasteiger charge is -2.28. The Bertz CT molecular complexity index is 6120. The number of aromatic amines is 6. The Balaban J connectivity index is 0.000000125.